The Bertz CT molecular complexity index is 604. The molecule has 0 radical (unpaired) electrons. The van der Waals surface area contributed by atoms with E-state index in [1.54, 1.807) is 31.4 Å². The lowest BCUT2D eigenvalue weighted by atomic mass is 10.2. The number of ether oxygens (including phenoxy) is 1. The van der Waals surface area contributed by atoms with E-state index in [2.05, 4.69) is 5.32 Å². The molecule has 1 atom stereocenters. The molecule has 130 valence electrons. The smallest absolute Gasteiger partial charge is 0.232 e. The summed E-state index contributed by atoms with van der Waals surface area (Å²) in [7, 11) is -1.85. The highest BCUT2D eigenvalue weighted by molar-refractivity contribution is 7.92. The molecule has 0 unspecified atom stereocenters. The minimum absolute atomic E-state index is 0.0743. The highest BCUT2D eigenvalue weighted by Gasteiger charge is 2.17. The van der Waals surface area contributed by atoms with Crippen LogP contribution in [0.5, 0.6) is 0 Å². The molecule has 0 saturated carbocycles. The normalized spacial score (nSPS) is 12.7. The molecular weight excluding hydrogens is 340 g/mol. The van der Waals surface area contributed by atoms with Crippen LogP contribution < -0.4 is 9.62 Å². The zero-order valence-corrected chi connectivity index (χ0v) is 15.2. The Balaban J connectivity index is 2.60. The molecule has 6 nitrogen and oxygen atoms in total. The highest BCUT2D eigenvalue weighted by atomic mass is 35.5. The first-order chi connectivity index (χ1) is 10.7. The maximum atomic E-state index is 11.9. The maximum Gasteiger partial charge on any atom is 0.232 e. The zero-order valence-electron chi connectivity index (χ0n) is 13.6. The summed E-state index contributed by atoms with van der Waals surface area (Å²) in [4.78, 5) is 11.8. The van der Waals surface area contributed by atoms with Gasteiger partial charge in [0.15, 0.2) is 0 Å². The summed E-state index contributed by atoms with van der Waals surface area (Å²) in [5.74, 6) is -0.126. The number of halogens is 1. The Labute approximate surface area is 142 Å². The van der Waals surface area contributed by atoms with Gasteiger partial charge >= 0.3 is 0 Å². The van der Waals surface area contributed by atoms with Crippen LogP contribution in [-0.2, 0) is 19.6 Å². The van der Waals surface area contributed by atoms with Crippen LogP contribution in [0.25, 0.3) is 0 Å². The molecule has 0 aromatic heterocycles. The fourth-order valence-electron chi connectivity index (χ4n) is 2.12. The molecule has 1 rings (SSSR count). The Kier molecular flexibility index (Phi) is 7.81. The molecule has 0 bridgehead atoms. The van der Waals surface area contributed by atoms with Gasteiger partial charge in [0.2, 0.25) is 15.9 Å². The minimum atomic E-state index is -3.42. The third-order valence-corrected chi connectivity index (χ3v) is 4.55. The van der Waals surface area contributed by atoms with E-state index in [1.165, 1.54) is 4.31 Å². The third-order valence-electron chi connectivity index (χ3n) is 3.10. The average Bonchev–Trinajstić information content (AvgIpc) is 2.44. The molecule has 23 heavy (non-hydrogen) atoms. The molecule has 0 saturated heterocycles. The van der Waals surface area contributed by atoms with Crippen molar-refractivity contribution in [1.82, 2.24) is 5.32 Å². The van der Waals surface area contributed by atoms with Crippen LogP contribution in [0.15, 0.2) is 24.3 Å². The number of nitrogens with zero attached hydrogens (tertiary/aromatic N) is 1. The number of hydrogen-bond donors (Lipinski definition) is 1. The Morgan fingerprint density at radius 1 is 1.35 bits per heavy atom. The summed E-state index contributed by atoms with van der Waals surface area (Å²) in [6.07, 6.45) is 1.80. The van der Waals surface area contributed by atoms with Gasteiger partial charge in [0, 0.05) is 31.1 Å². The zero-order chi connectivity index (χ0) is 17.5. The molecule has 0 aliphatic heterocycles. The Morgan fingerprint density at radius 3 is 2.48 bits per heavy atom. The molecule has 0 heterocycles. The average molecular weight is 363 g/mol. The fraction of sp³-hybridized carbons (Fsp3) is 0.533. The summed E-state index contributed by atoms with van der Waals surface area (Å²) in [5.41, 5.74) is 0.532. The number of anilines is 1. The van der Waals surface area contributed by atoms with Gasteiger partial charge in [-0.3, -0.25) is 9.10 Å². The van der Waals surface area contributed by atoms with Gasteiger partial charge in [-0.25, -0.2) is 8.42 Å². The van der Waals surface area contributed by atoms with Crippen LogP contribution in [-0.4, -0.2) is 46.9 Å². The number of carbonyl (C=O) groups excluding carboxylic acids is 1. The van der Waals surface area contributed by atoms with E-state index in [-0.39, 0.29) is 24.9 Å². The first-order valence-corrected chi connectivity index (χ1v) is 9.48. The first kappa shape index (κ1) is 19.7. The standard InChI is InChI=1S/C15H23ClN2O4S/c1-12(11-22-2)17-15(19)5-4-10-18(23(3,20)21)14-8-6-13(16)7-9-14/h6-9,12H,4-5,10-11H2,1-3H3,(H,17,19)/t12-/m0/s1. The van der Waals surface area contributed by atoms with Crippen LogP contribution in [0.3, 0.4) is 0 Å². The molecule has 0 spiro atoms. The summed E-state index contributed by atoms with van der Waals surface area (Å²) < 4.78 is 30.1. The van der Waals surface area contributed by atoms with Crippen molar-refractivity contribution in [2.45, 2.75) is 25.8 Å². The van der Waals surface area contributed by atoms with Gasteiger partial charge in [-0.1, -0.05) is 11.6 Å². The van der Waals surface area contributed by atoms with Crippen LogP contribution in [0.4, 0.5) is 5.69 Å². The van der Waals surface area contributed by atoms with Gasteiger partial charge in [0.05, 0.1) is 18.6 Å². The molecule has 0 fully saturated rings. The number of benzene rings is 1. The maximum absolute atomic E-state index is 11.9. The SMILES string of the molecule is COC[C@H](C)NC(=O)CCCN(c1ccc(Cl)cc1)S(C)(=O)=O. The molecule has 1 N–H and O–H groups in total. The summed E-state index contributed by atoms with van der Waals surface area (Å²) in [6.45, 7) is 2.51. The number of nitrogens with one attached hydrogen (secondary N) is 1. The van der Waals surface area contributed by atoms with Gasteiger partial charge in [0.25, 0.3) is 0 Å². The number of hydrogen-bond acceptors (Lipinski definition) is 4. The number of carbonyl (C=O) groups is 1. The highest BCUT2D eigenvalue weighted by Crippen LogP contribution is 2.20. The molecule has 1 amide bonds. The van der Waals surface area contributed by atoms with E-state index < -0.39 is 10.0 Å². The second-order valence-electron chi connectivity index (χ2n) is 5.34. The van der Waals surface area contributed by atoms with E-state index in [0.717, 1.165) is 6.26 Å². The van der Waals surface area contributed by atoms with Crippen molar-refractivity contribution in [3.8, 4) is 0 Å². The van der Waals surface area contributed by atoms with Crippen molar-refractivity contribution in [3.05, 3.63) is 29.3 Å². The molecule has 0 aliphatic rings. The van der Waals surface area contributed by atoms with Crippen molar-refractivity contribution in [1.29, 1.82) is 0 Å². The van der Waals surface area contributed by atoms with Gasteiger partial charge in [-0.05, 0) is 37.6 Å². The van der Waals surface area contributed by atoms with Crippen LogP contribution in [0, 0.1) is 0 Å². The van der Waals surface area contributed by atoms with Crippen molar-refractivity contribution in [2.24, 2.45) is 0 Å². The number of methoxy groups -OCH3 is 1. The van der Waals surface area contributed by atoms with E-state index >= 15 is 0 Å². The van der Waals surface area contributed by atoms with Crippen LogP contribution >= 0.6 is 11.6 Å². The van der Waals surface area contributed by atoms with E-state index in [0.29, 0.717) is 23.7 Å². The third kappa shape index (κ3) is 7.20. The topological polar surface area (TPSA) is 75.7 Å². The molecule has 0 aliphatic carbocycles. The quantitative estimate of drug-likeness (QED) is 0.729. The molecule has 1 aromatic rings. The van der Waals surface area contributed by atoms with Crippen LogP contribution in [0.2, 0.25) is 5.02 Å². The predicted octanol–water partition coefficient (Wildman–Crippen LogP) is 2.04. The molecule has 8 heteroatoms. The lowest BCUT2D eigenvalue weighted by Gasteiger charge is -2.22. The molecule has 1 aromatic carbocycles. The van der Waals surface area contributed by atoms with Gasteiger partial charge in [0.1, 0.15) is 0 Å². The van der Waals surface area contributed by atoms with Crippen molar-refractivity contribution in [2.75, 3.05) is 30.8 Å². The van der Waals surface area contributed by atoms with Gasteiger partial charge in [-0.2, -0.15) is 0 Å². The van der Waals surface area contributed by atoms with Gasteiger partial charge in [-0.15, -0.1) is 0 Å². The van der Waals surface area contributed by atoms with E-state index in [9.17, 15) is 13.2 Å². The number of amides is 1. The second-order valence-corrected chi connectivity index (χ2v) is 7.68. The van der Waals surface area contributed by atoms with Crippen molar-refractivity contribution in [3.63, 3.8) is 0 Å². The summed E-state index contributed by atoms with van der Waals surface area (Å²) in [5, 5.41) is 3.33. The summed E-state index contributed by atoms with van der Waals surface area (Å²) >= 11 is 5.82. The van der Waals surface area contributed by atoms with E-state index in [4.69, 9.17) is 16.3 Å². The van der Waals surface area contributed by atoms with Crippen LogP contribution in [0.1, 0.15) is 19.8 Å². The lowest BCUT2D eigenvalue weighted by molar-refractivity contribution is -0.122. The predicted molar refractivity (Wildman–Crippen MR) is 92.4 cm³/mol. The second kappa shape index (κ2) is 9.10. The molecular formula is C15H23ClN2O4S. The minimum Gasteiger partial charge on any atom is -0.383 e. The van der Waals surface area contributed by atoms with E-state index in [1.807, 2.05) is 6.92 Å². The van der Waals surface area contributed by atoms with Gasteiger partial charge < -0.3 is 10.1 Å². The number of rotatable bonds is 9. The lowest BCUT2D eigenvalue weighted by Crippen LogP contribution is -2.36. The van der Waals surface area contributed by atoms with Crippen molar-refractivity contribution < 1.29 is 17.9 Å². The largest absolute Gasteiger partial charge is 0.383 e. The Hall–Kier alpha value is -1.31. The Morgan fingerprint density at radius 2 is 1.96 bits per heavy atom. The fourth-order valence-corrected chi connectivity index (χ4v) is 3.21. The number of sulfonamides is 1. The van der Waals surface area contributed by atoms with Crippen molar-refractivity contribution >= 4 is 33.2 Å². The summed E-state index contributed by atoms with van der Waals surface area (Å²) in [6, 6.07) is 6.48. The first-order valence-electron chi connectivity index (χ1n) is 7.25. The monoisotopic (exact) mass is 362 g/mol.